The van der Waals surface area contributed by atoms with Gasteiger partial charge in [-0.05, 0) is 66.3 Å². The maximum atomic E-state index is 13.9. The largest absolute Gasteiger partial charge is 0.497 e. The van der Waals surface area contributed by atoms with Crippen molar-refractivity contribution < 1.29 is 28.2 Å². The van der Waals surface area contributed by atoms with Crippen LogP contribution in [0.25, 0.3) is 0 Å². The van der Waals surface area contributed by atoms with Gasteiger partial charge < -0.3 is 26.3 Å². The van der Waals surface area contributed by atoms with Crippen LogP contribution >= 0.6 is 11.5 Å². The summed E-state index contributed by atoms with van der Waals surface area (Å²) in [6, 6.07) is 10.6. The predicted molar refractivity (Wildman–Crippen MR) is 136 cm³/mol. The number of aromatic nitrogens is 1. The summed E-state index contributed by atoms with van der Waals surface area (Å²) in [6.45, 7) is 0.876. The second-order valence-electron chi connectivity index (χ2n) is 8.35. The number of rotatable bonds is 9. The Balaban J connectivity index is 1.80. The number of carbonyl (C=O) groups excluding carboxylic acids is 3. The molecule has 5 N–H and O–H groups in total. The van der Waals surface area contributed by atoms with Gasteiger partial charge in [0.1, 0.15) is 22.5 Å². The number of nitrogens with one attached hydrogen (secondary N) is 1. The van der Waals surface area contributed by atoms with Gasteiger partial charge in [0, 0.05) is 18.8 Å². The molecule has 0 radical (unpaired) electrons. The van der Waals surface area contributed by atoms with Gasteiger partial charge in [-0.3, -0.25) is 19.3 Å². The lowest BCUT2D eigenvalue weighted by molar-refractivity contribution is -0.123. The van der Waals surface area contributed by atoms with Crippen molar-refractivity contribution in [2.24, 2.45) is 5.73 Å². The summed E-state index contributed by atoms with van der Waals surface area (Å²) >= 11 is 0.690. The summed E-state index contributed by atoms with van der Waals surface area (Å²) in [4.78, 5) is 40.4. The number of halogens is 1. The average molecular weight is 528 g/mol. The minimum Gasteiger partial charge on any atom is -0.497 e. The fourth-order valence-electron chi connectivity index (χ4n) is 4.04. The van der Waals surface area contributed by atoms with Crippen molar-refractivity contribution in [2.75, 3.05) is 30.9 Å². The number of amides is 3. The van der Waals surface area contributed by atoms with Crippen LogP contribution in [0.15, 0.2) is 48.5 Å². The number of benzene rings is 2. The van der Waals surface area contributed by atoms with Crippen LogP contribution in [0, 0.1) is 5.82 Å². The summed E-state index contributed by atoms with van der Waals surface area (Å²) in [7, 11) is 1.51. The molecule has 10 nitrogen and oxygen atoms in total. The van der Waals surface area contributed by atoms with Gasteiger partial charge in [0.15, 0.2) is 5.69 Å². The fraction of sp³-hybridized carbons (Fsp3) is 0.280. The van der Waals surface area contributed by atoms with E-state index in [1.165, 1.54) is 36.3 Å². The molecule has 194 valence electrons. The number of anilines is 2. The van der Waals surface area contributed by atoms with E-state index in [0.717, 1.165) is 12.8 Å². The highest BCUT2D eigenvalue weighted by atomic mass is 32.1. The zero-order chi connectivity index (χ0) is 26.5. The topological polar surface area (TPSA) is 150 Å². The van der Waals surface area contributed by atoms with Crippen LogP contribution < -0.4 is 26.4 Å². The van der Waals surface area contributed by atoms with Gasteiger partial charge >= 0.3 is 0 Å². The Hall–Kier alpha value is -4.03. The van der Waals surface area contributed by atoms with Crippen LogP contribution in [0.1, 0.15) is 44.6 Å². The molecule has 0 saturated carbocycles. The number of nitrogens with zero attached hydrogens (tertiary/aromatic N) is 2. The van der Waals surface area contributed by atoms with E-state index >= 15 is 0 Å². The first kappa shape index (κ1) is 26.0. The van der Waals surface area contributed by atoms with Gasteiger partial charge in [0.2, 0.25) is 5.91 Å². The van der Waals surface area contributed by atoms with Gasteiger partial charge in [-0.15, -0.1) is 0 Å². The molecule has 1 aliphatic rings. The van der Waals surface area contributed by atoms with E-state index in [-0.39, 0.29) is 34.6 Å². The van der Waals surface area contributed by atoms with Gasteiger partial charge in [0.25, 0.3) is 11.8 Å². The second kappa shape index (κ2) is 11.4. The number of nitrogens with two attached hydrogens (primary N) is 2. The minimum absolute atomic E-state index is 0.0800. The Kier molecular flexibility index (Phi) is 7.99. The molecule has 3 amide bonds. The molecule has 0 unspecified atom stereocenters. The third-order valence-corrected chi connectivity index (χ3v) is 6.80. The van der Waals surface area contributed by atoms with Crippen molar-refractivity contribution in [2.45, 2.75) is 25.0 Å². The number of hydrogen-bond donors (Lipinski definition) is 3. The highest BCUT2D eigenvalue weighted by Crippen LogP contribution is 2.34. The zero-order valence-corrected chi connectivity index (χ0v) is 20.8. The molecule has 2 atom stereocenters. The molecule has 0 aliphatic carbocycles. The van der Waals surface area contributed by atoms with Gasteiger partial charge in [-0.25, -0.2) is 4.39 Å². The van der Waals surface area contributed by atoms with E-state index in [4.69, 9.17) is 20.9 Å². The molecule has 2 aromatic carbocycles. The molecular weight excluding hydrogens is 501 g/mol. The third-order valence-electron chi connectivity index (χ3n) is 5.95. The van der Waals surface area contributed by atoms with E-state index in [9.17, 15) is 18.8 Å². The fourth-order valence-corrected chi connectivity index (χ4v) is 4.79. The first-order valence-electron chi connectivity index (χ1n) is 11.5. The molecule has 1 aromatic heterocycles. The number of methoxy groups -OCH3 is 1. The van der Waals surface area contributed by atoms with Crippen LogP contribution in [-0.2, 0) is 9.53 Å². The number of primary amides is 1. The predicted octanol–water partition coefficient (Wildman–Crippen LogP) is 2.66. The molecule has 2 heterocycles. The standard InChI is InChI=1S/C25H26FN5O5S/c1-35-17-10-4-14(5-11-17)21(24(33)29-13-18-3-2-12-36-18)31(16-8-6-15(26)7-9-16)25(34)22-19(27)20(23(28)32)30-37-22/h4-11,18,21H,2-3,12-13,27H2,1H3,(H2,28,32)(H,29,33)/t18-,21-/m0/s1. The summed E-state index contributed by atoms with van der Waals surface area (Å²) < 4.78 is 28.6. The number of hydrogen-bond acceptors (Lipinski definition) is 8. The lowest BCUT2D eigenvalue weighted by Gasteiger charge is -2.31. The highest BCUT2D eigenvalue weighted by molar-refractivity contribution is 7.09. The number of carbonyl (C=O) groups is 3. The van der Waals surface area contributed by atoms with Crippen LogP contribution in [-0.4, -0.2) is 48.5 Å². The maximum absolute atomic E-state index is 13.9. The Morgan fingerprint density at radius 2 is 1.92 bits per heavy atom. The highest BCUT2D eigenvalue weighted by Gasteiger charge is 2.36. The lowest BCUT2D eigenvalue weighted by Crippen LogP contribution is -2.45. The smallest absolute Gasteiger partial charge is 0.273 e. The van der Waals surface area contributed by atoms with Crippen LogP contribution in [0.2, 0.25) is 0 Å². The minimum atomic E-state index is -1.19. The number of ether oxygens (including phenoxy) is 2. The van der Waals surface area contributed by atoms with E-state index in [2.05, 4.69) is 9.69 Å². The van der Waals surface area contributed by atoms with E-state index in [1.54, 1.807) is 24.3 Å². The normalized spacial score (nSPS) is 15.7. The molecule has 1 saturated heterocycles. The second-order valence-corrected chi connectivity index (χ2v) is 9.12. The zero-order valence-electron chi connectivity index (χ0n) is 20.0. The van der Waals surface area contributed by atoms with Gasteiger partial charge in [-0.2, -0.15) is 4.37 Å². The SMILES string of the molecule is COc1ccc([C@@H](C(=O)NC[C@@H]2CCCO2)N(C(=O)c2snc(C(N)=O)c2N)c2ccc(F)cc2)cc1. The summed E-state index contributed by atoms with van der Waals surface area (Å²) in [5.41, 5.74) is 11.6. The van der Waals surface area contributed by atoms with Crippen molar-refractivity contribution in [1.82, 2.24) is 9.69 Å². The van der Waals surface area contributed by atoms with Crippen LogP contribution in [0.3, 0.4) is 0 Å². The first-order chi connectivity index (χ1) is 17.8. The van der Waals surface area contributed by atoms with Crippen molar-refractivity contribution in [3.8, 4) is 5.75 Å². The molecule has 0 spiro atoms. The van der Waals surface area contributed by atoms with Crippen LogP contribution in [0.5, 0.6) is 5.75 Å². The molecule has 1 aliphatic heterocycles. The van der Waals surface area contributed by atoms with Crippen molar-refractivity contribution >= 4 is 40.6 Å². The molecule has 3 aromatic rings. The molecule has 0 bridgehead atoms. The Bertz CT molecular complexity index is 1280. The van der Waals surface area contributed by atoms with E-state index in [0.29, 0.717) is 29.5 Å². The summed E-state index contributed by atoms with van der Waals surface area (Å²) in [5.74, 6) is -2.05. The molecule has 1 fully saturated rings. The monoisotopic (exact) mass is 527 g/mol. The van der Waals surface area contributed by atoms with E-state index in [1.807, 2.05) is 0 Å². The summed E-state index contributed by atoms with van der Waals surface area (Å²) in [6.07, 6.45) is 1.57. The quantitative estimate of drug-likeness (QED) is 0.387. The van der Waals surface area contributed by atoms with Gasteiger partial charge in [-0.1, -0.05) is 12.1 Å². The first-order valence-corrected chi connectivity index (χ1v) is 12.2. The number of nitrogen functional groups attached to an aromatic ring is 1. The lowest BCUT2D eigenvalue weighted by atomic mass is 10.0. The van der Waals surface area contributed by atoms with Crippen molar-refractivity contribution in [3.05, 3.63) is 70.5 Å². The Morgan fingerprint density at radius 1 is 1.22 bits per heavy atom. The molecule has 12 heteroatoms. The molecule has 37 heavy (non-hydrogen) atoms. The van der Waals surface area contributed by atoms with Crippen molar-refractivity contribution in [3.63, 3.8) is 0 Å². The third kappa shape index (κ3) is 5.70. The maximum Gasteiger partial charge on any atom is 0.273 e. The summed E-state index contributed by atoms with van der Waals surface area (Å²) in [5, 5.41) is 2.88. The Labute approximate surface area is 216 Å². The Morgan fingerprint density at radius 3 is 2.49 bits per heavy atom. The average Bonchev–Trinajstić information content (AvgIpc) is 3.56. The van der Waals surface area contributed by atoms with Crippen molar-refractivity contribution in [1.29, 1.82) is 0 Å². The molecule has 4 rings (SSSR count). The molecular formula is C25H26FN5O5S. The van der Waals surface area contributed by atoms with Gasteiger partial charge in [0.05, 0.1) is 18.9 Å². The van der Waals surface area contributed by atoms with Crippen LogP contribution in [0.4, 0.5) is 15.8 Å². The van der Waals surface area contributed by atoms with E-state index < -0.39 is 29.6 Å².